The third-order valence-corrected chi connectivity index (χ3v) is 4.93. The molecule has 1 amide bonds. The Labute approximate surface area is 137 Å². The fourth-order valence-corrected chi connectivity index (χ4v) is 3.72. The molecular weight excluding hydrogens is 325 g/mol. The van der Waals surface area contributed by atoms with Gasteiger partial charge in [-0.1, -0.05) is 23.7 Å². The van der Waals surface area contributed by atoms with Gasteiger partial charge in [-0.3, -0.25) is 9.69 Å². The highest BCUT2D eigenvalue weighted by Crippen LogP contribution is 2.43. The minimum atomic E-state index is -0.498. The van der Waals surface area contributed by atoms with E-state index in [1.54, 1.807) is 18.1 Å². The largest absolute Gasteiger partial charge is 0.497 e. The molecule has 1 aliphatic rings. The molecule has 114 valence electrons. The average molecular weight is 338 g/mol. The van der Waals surface area contributed by atoms with E-state index in [1.807, 2.05) is 24.3 Å². The van der Waals surface area contributed by atoms with Crippen LogP contribution in [0.25, 0.3) is 0 Å². The molecule has 0 unspecified atom stereocenters. The molecule has 1 fully saturated rings. The molecule has 2 aromatic carbocycles. The van der Waals surface area contributed by atoms with E-state index in [1.165, 1.54) is 23.9 Å². The second-order valence-corrected chi connectivity index (χ2v) is 6.28. The lowest BCUT2D eigenvalue weighted by molar-refractivity contribution is -0.115. The van der Waals surface area contributed by atoms with Crippen molar-refractivity contribution in [1.82, 2.24) is 0 Å². The summed E-state index contributed by atoms with van der Waals surface area (Å²) in [6.07, 6.45) is 0. The van der Waals surface area contributed by atoms with Crippen LogP contribution in [0.1, 0.15) is 10.9 Å². The summed E-state index contributed by atoms with van der Waals surface area (Å²) in [6.45, 7) is 0. The molecule has 1 aliphatic heterocycles. The van der Waals surface area contributed by atoms with Gasteiger partial charge in [0.15, 0.2) is 0 Å². The number of nitrogens with zero attached hydrogens (tertiary/aromatic N) is 1. The maximum absolute atomic E-state index is 13.3. The minimum Gasteiger partial charge on any atom is -0.497 e. The third kappa shape index (κ3) is 2.78. The molecule has 0 radical (unpaired) electrons. The summed E-state index contributed by atoms with van der Waals surface area (Å²) in [4.78, 5) is 13.9. The second-order valence-electron chi connectivity index (χ2n) is 4.80. The van der Waals surface area contributed by atoms with Gasteiger partial charge in [0.1, 0.15) is 16.9 Å². The van der Waals surface area contributed by atoms with Crippen LogP contribution in [0.4, 0.5) is 10.1 Å². The van der Waals surface area contributed by atoms with Gasteiger partial charge >= 0.3 is 0 Å². The Balaban J connectivity index is 1.99. The lowest BCUT2D eigenvalue weighted by atomic mass is 10.1. The first kappa shape index (κ1) is 15.2. The zero-order valence-corrected chi connectivity index (χ0v) is 13.3. The number of benzene rings is 2. The quantitative estimate of drug-likeness (QED) is 0.837. The van der Waals surface area contributed by atoms with Gasteiger partial charge in [0.05, 0.1) is 17.9 Å². The molecule has 3 nitrogen and oxygen atoms in total. The van der Waals surface area contributed by atoms with Crippen LogP contribution < -0.4 is 9.64 Å². The number of hydrogen-bond donors (Lipinski definition) is 0. The van der Waals surface area contributed by atoms with Crippen molar-refractivity contribution in [2.75, 3.05) is 17.8 Å². The summed E-state index contributed by atoms with van der Waals surface area (Å²) in [6, 6.07) is 11.9. The number of carbonyl (C=O) groups is 1. The van der Waals surface area contributed by atoms with E-state index in [4.69, 9.17) is 16.3 Å². The van der Waals surface area contributed by atoms with E-state index in [9.17, 15) is 9.18 Å². The molecule has 0 N–H and O–H groups in total. The van der Waals surface area contributed by atoms with Gasteiger partial charge in [0, 0.05) is 5.69 Å². The Morgan fingerprint density at radius 3 is 2.86 bits per heavy atom. The van der Waals surface area contributed by atoms with Gasteiger partial charge in [0.25, 0.3) is 0 Å². The predicted octanol–water partition coefficient (Wildman–Crippen LogP) is 4.27. The van der Waals surface area contributed by atoms with Gasteiger partial charge < -0.3 is 4.74 Å². The number of rotatable bonds is 3. The second kappa shape index (κ2) is 6.18. The zero-order valence-electron chi connectivity index (χ0n) is 11.8. The zero-order chi connectivity index (χ0) is 15.7. The Kier molecular flexibility index (Phi) is 4.27. The van der Waals surface area contributed by atoms with Crippen LogP contribution in [0, 0.1) is 5.82 Å². The van der Waals surface area contributed by atoms with E-state index in [2.05, 4.69) is 0 Å². The van der Waals surface area contributed by atoms with Crippen molar-refractivity contribution in [2.45, 2.75) is 5.37 Å². The van der Waals surface area contributed by atoms with E-state index in [0.29, 0.717) is 11.4 Å². The molecular formula is C16H13ClFNO2S. The molecule has 1 atom stereocenters. The molecule has 0 bridgehead atoms. The first-order valence-corrected chi connectivity index (χ1v) is 8.05. The van der Waals surface area contributed by atoms with Gasteiger partial charge in [0.2, 0.25) is 5.91 Å². The van der Waals surface area contributed by atoms with Crippen LogP contribution >= 0.6 is 23.4 Å². The van der Waals surface area contributed by atoms with Crippen molar-refractivity contribution in [3.8, 4) is 5.75 Å². The standard InChI is InChI=1S/C16H13ClFNO2S/c1-21-12-4-2-3-10(7-12)16-19(15(20)9-22-16)11-5-6-14(18)13(17)8-11/h2-8,16H,9H2,1H3/t16-/m0/s1. The number of methoxy groups -OCH3 is 1. The number of anilines is 1. The van der Waals surface area contributed by atoms with E-state index >= 15 is 0 Å². The Morgan fingerprint density at radius 2 is 2.14 bits per heavy atom. The van der Waals surface area contributed by atoms with Crippen LogP contribution in [0.5, 0.6) is 5.75 Å². The van der Waals surface area contributed by atoms with Gasteiger partial charge in [-0.2, -0.15) is 0 Å². The maximum atomic E-state index is 13.3. The summed E-state index contributed by atoms with van der Waals surface area (Å²) in [5, 5.41) is -0.171. The van der Waals surface area contributed by atoms with Crippen LogP contribution in [-0.2, 0) is 4.79 Å². The average Bonchev–Trinajstić information content (AvgIpc) is 2.92. The first-order valence-electron chi connectivity index (χ1n) is 6.63. The lowest BCUT2D eigenvalue weighted by Crippen LogP contribution is -2.27. The normalized spacial score (nSPS) is 17.9. The summed E-state index contributed by atoms with van der Waals surface area (Å²) in [5.74, 6) is 0.578. The lowest BCUT2D eigenvalue weighted by Gasteiger charge is -2.24. The minimum absolute atomic E-state index is 0.00610. The van der Waals surface area contributed by atoms with Gasteiger partial charge in [-0.25, -0.2) is 4.39 Å². The SMILES string of the molecule is COc1cccc([C@@H]2SCC(=O)N2c2ccc(F)c(Cl)c2)c1. The first-order chi connectivity index (χ1) is 10.6. The highest BCUT2D eigenvalue weighted by Gasteiger charge is 2.34. The molecule has 22 heavy (non-hydrogen) atoms. The molecule has 0 aromatic heterocycles. The molecule has 2 aromatic rings. The predicted molar refractivity (Wildman–Crippen MR) is 87.1 cm³/mol. The third-order valence-electron chi connectivity index (χ3n) is 3.43. The van der Waals surface area contributed by atoms with Crippen molar-refractivity contribution < 1.29 is 13.9 Å². The van der Waals surface area contributed by atoms with Crippen molar-refractivity contribution in [3.05, 3.63) is 58.9 Å². The highest BCUT2D eigenvalue weighted by atomic mass is 35.5. The van der Waals surface area contributed by atoms with E-state index in [0.717, 1.165) is 11.3 Å². The number of carbonyl (C=O) groups excluding carboxylic acids is 1. The van der Waals surface area contributed by atoms with Crippen LogP contribution in [-0.4, -0.2) is 18.8 Å². The summed E-state index contributed by atoms with van der Waals surface area (Å²) >= 11 is 7.36. The van der Waals surface area contributed by atoms with Crippen molar-refractivity contribution in [2.24, 2.45) is 0 Å². The van der Waals surface area contributed by atoms with Gasteiger partial charge in [-0.05, 0) is 35.9 Å². The molecule has 1 heterocycles. The number of halogens is 2. The Bertz CT molecular complexity index is 725. The van der Waals surface area contributed by atoms with Crippen LogP contribution in [0.2, 0.25) is 5.02 Å². The monoisotopic (exact) mass is 337 g/mol. The molecule has 0 aliphatic carbocycles. The maximum Gasteiger partial charge on any atom is 0.238 e. The fraction of sp³-hybridized carbons (Fsp3) is 0.188. The van der Waals surface area contributed by atoms with Crippen molar-refractivity contribution in [3.63, 3.8) is 0 Å². The topological polar surface area (TPSA) is 29.5 Å². The molecule has 1 saturated heterocycles. The van der Waals surface area contributed by atoms with Crippen molar-refractivity contribution >= 4 is 35.0 Å². The van der Waals surface area contributed by atoms with E-state index in [-0.39, 0.29) is 16.3 Å². The summed E-state index contributed by atoms with van der Waals surface area (Å²) < 4.78 is 18.6. The van der Waals surface area contributed by atoms with Crippen molar-refractivity contribution in [1.29, 1.82) is 0 Å². The van der Waals surface area contributed by atoms with Crippen LogP contribution in [0.15, 0.2) is 42.5 Å². The highest BCUT2D eigenvalue weighted by molar-refractivity contribution is 8.00. The summed E-state index contributed by atoms with van der Waals surface area (Å²) in [7, 11) is 1.60. The fourth-order valence-electron chi connectivity index (χ4n) is 2.38. The molecule has 0 spiro atoms. The van der Waals surface area contributed by atoms with Crippen LogP contribution in [0.3, 0.4) is 0 Å². The number of thioether (sulfide) groups is 1. The van der Waals surface area contributed by atoms with Gasteiger partial charge in [-0.15, -0.1) is 11.8 Å². The van der Waals surface area contributed by atoms with E-state index < -0.39 is 5.82 Å². The number of hydrogen-bond acceptors (Lipinski definition) is 3. The molecule has 0 saturated carbocycles. The Hall–Kier alpha value is -1.72. The molecule has 6 heteroatoms. The number of ether oxygens (including phenoxy) is 1. The summed E-state index contributed by atoms with van der Waals surface area (Å²) in [5.41, 5.74) is 1.55. The molecule has 3 rings (SSSR count). The number of amides is 1. The Morgan fingerprint density at radius 1 is 1.32 bits per heavy atom. The smallest absolute Gasteiger partial charge is 0.238 e.